The standard InChI is InChI=1S/C23H20ClFN4O2/c24-18-3-1-2-17(14-18)23(31)29-12-10-28(11-13-29)21-9-8-20(15-26-21)27-22(30)16-4-6-19(25)7-5-16/h1-9,14-15H,10-13H2,(H,27,30). The fraction of sp³-hybridized carbons (Fsp3) is 0.174. The highest BCUT2D eigenvalue weighted by atomic mass is 35.5. The first-order valence-corrected chi connectivity index (χ1v) is 10.2. The second-order valence-electron chi connectivity index (χ2n) is 7.16. The lowest BCUT2D eigenvalue weighted by atomic mass is 10.2. The second-order valence-corrected chi connectivity index (χ2v) is 7.59. The first-order chi connectivity index (χ1) is 15.0. The van der Waals surface area contributed by atoms with Crippen molar-refractivity contribution in [2.75, 3.05) is 36.4 Å². The van der Waals surface area contributed by atoms with E-state index in [-0.39, 0.29) is 11.8 Å². The predicted octanol–water partition coefficient (Wildman–Crippen LogP) is 4.09. The van der Waals surface area contributed by atoms with Gasteiger partial charge >= 0.3 is 0 Å². The molecule has 2 heterocycles. The Bertz CT molecular complexity index is 1080. The molecule has 3 aromatic rings. The van der Waals surface area contributed by atoms with Crippen molar-refractivity contribution in [3.63, 3.8) is 0 Å². The first-order valence-electron chi connectivity index (χ1n) is 9.82. The minimum Gasteiger partial charge on any atom is -0.353 e. The van der Waals surface area contributed by atoms with E-state index in [2.05, 4.69) is 15.2 Å². The highest BCUT2D eigenvalue weighted by molar-refractivity contribution is 6.30. The Kier molecular flexibility index (Phi) is 6.13. The van der Waals surface area contributed by atoms with Crippen LogP contribution in [0.4, 0.5) is 15.9 Å². The van der Waals surface area contributed by atoms with Gasteiger partial charge in [0.25, 0.3) is 11.8 Å². The molecule has 0 radical (unpaired) electrons. The number of nitrogens with one attached hydrogen (secondary N) is 1. The third kappa shape index (κ3) is 5.00. The van der Waals surface area contributed by atoms with Crippen molar-refractivity contribution in [2.45, 2.75) is 0 Å². The first kappa shape index (κ1) is 20.8. The number of halogens is 2. The zero-order valence-corrected chi connectivity index (χ0v) is 17.3. The molecule has 1 aromatic heterocycles. The van der Waals surface area contributed by atoms with E-state index in [0.717, 1.165) is 5.82 Å². The molecule has 0 spiro atoms. The second kappa shape index (κ2) is 9.14. The van der Waals surface area contributed by atoms with E-state index in [1.807, 2.05) is 6.07 Å². The number of rotatable bonds is 4. The van der Waals surface area contributed by atoms with Crippen molar-refractivity contribution >= 4 is 34.9 Å². The van der Waals surface area contributed by atoms with Gasteiger partial charge in [0.2, 0.25) is 0 Å². The summed E-state index contributed by atoms with van der Waals surface area (Å²) in [5.74, 6) is 0.0169. The lowest BCUT2D eigenvalue weighted by molar-refractivity contribution is 0.0746. The summed E-state index contributed by atoms with van der Waals surface area (Å²) in [6.45, 7) is 2.47. The third-order valence-electron chi connectivity index (χ3n) is 5.07. The molecular formula is C23H20ClFN4O2. The van der Waals surface area contributed by atoms with E-state index >= 15 is 0 Å². The van der Waals surface area contributed by atoms with E-state index in [0.29, 0.717) is 48.0 Å². The number of carbonyl (C=O) groups is 2. The van der Waals surface area contributed by atoms with E-state index in [9.17, 15) is 14.0 Å². The fourth-order valence-corrected chi connectivity index (χ4v) is 3.58. The van der Waals surface area contributed by atoms with Crippen LogP contribution in [-0.4, -0.2) is 47.9 Å². The van der Waals surface area contributed by atoms with Gasteiger partial charge in [-0.05, 0) is 54.6 Å². The number of benzene rings is 2. The van der Waals surface area contributed by atoms with Crippen LogP contribution in [0.15, 0.2) is 66.9 Å². The molecule has 0 aliphatic carbocycles. The smallest absolute Gasteiger partial charge is 0.255 e. The average molecular weight is 439 g/mol. The van der Waals surface area contributed by atoms with E-state index in [1.165, 1.54) is 24.3 Å². The normalized spacial score (nSPS) is 13.7. The molecule has 0 atom stereocenters. The van der Waals surface area contributed by atoms with Gasteiger partial charge in [-0.25, -0.2) is 9.37 Å². The van der Waals surface area contributed by atoms with E-state index in [4.69, 9.17) is 11.6 Å². The minimum absolute atomic E-state index is 0.0334. The maximum absolute atomic E-state index is 13.0. The summed E-state index contributed by atoms with van der Waals surface area (Å²) in [4.78, 5) is 33.2. The van der Waals surface area contributed by atoms with Crippen molar-refractivity contribution < 1.29 is 14.0 Å². The molecule has 158 valence electrons. The molecule has 0 unspecified atom stereocenters. The van der Waals surface area contributed by atoms with Crippen LogP contribution in [0, 0.1) is 5.82 Å². The molecule has 2 aromatic carbocycles. The van der Waals surface area contributed by atoms with E-state index < -0.39 is 5.82 Å². The molecule has 2 amide bonds. The Morgan fingerprint density at radius 2 is 1.68 bits per heavy atom. The number of hydrogen-bond donors (Lipinski definition) is 1. The summed E-state index contributed by atoms with van der Waals surface area (Å²) in [6, 6.07) is 15.9. The third-order valence-corrected chi connectivity index (χ3v) is 5.31. The van der Waals surface area contributed by atoms with Gasteiger partial charge in [0.15, 0.2) is 0 Å². The number of amides is 2. The highest BCUT2D eigenvalue weighted by Crippen LogP contribution is 2.19. The predicted molar refractivity (Wildman–Crippen MR) is 118 cm³/mol. The lowest BCUT2D eigenvalue weighted by Gasteiger charge is -2.35. The van der Waals surface area contributed by atoms with Gasteiger partial charge in [-0.3, -0.25) is 9.59 Å². The number of carbonyl (C=O) groups excluding carboxylic acids is 2. The molecule has 1 aliphatic heterocycles. The topological polar surface area (TPSA) is 65.5 Å². The fourth-order valence-electron chi connectivity index (χ4n) is 3.39. The molecule has 6 nitrogen and oxygen atoms in total. The molecular weight excluding hydrogens is 419 g/mol. The Labute approximate surface area is 184 Å². The molecule has 1 aliphatic rings. The molecule has 0 saturated carbocycles. The number of pyridine rings is 1. The summed E-state index contributed by atoms with van der Waals surface area (Å²) in [7, 11) is 0. The van der Waals surface area contributed by atoms with Gasteiger partial charge < -0.3 is 15.1 Å². The Morgan fingerprint density at radius 1 is 0.935 bits per heavy atom. The summed E-state index contributed by atoms with van der Waals surface area (Å²) in [6.07, 6.45) is 1.58. The van der Waals surface area contributed by atoms with Gasteiger partial charge in [0.1, 0.15) is 11.6 Å². The summed E-state index contributed by atoms with van der Waals surface area (Å²) >= 11 is 5.99. The summed E-state index contributed by atoms with van der Waals surface area (Å²) in [5.41, 5.74) is 1.50. The molecule has 4 rings (SSSR count). The summed E-state index contributed by atoms with van der Waals surface area (Å²) in [5, 5.41) is 3.29. The van der Waals surface area contributed by atoms with Crippen LogP contribution < -0.4 is 10.2 Å². The summed E-state index contributed by atoms with van der Waals surface area (Å²) < 4.78 is 13.0. The molecule has 0 bridgehead atoms. The zero-order chi connectivity index (χ0) is 21.8. The molecule has 1 fully saturated rings. The van der Waals surface area contributed by atoms with Crippen LogP contribution in [-0.2, 0) is 0 Å². The number of hydrogen-bond acceptors (Lipinski definition) is 4. The average Bonchev–Trinajstić information content (AvgIpc) is 2.80. The zero-order valence-electron chi connectivity index (χ0n) is 16.6. The maximum atomic E-state index is 13.0. The van der Waals surface area contributed by atoms with Gasteiger partial charge in [-0.15, -0.1) is 0 Å². The number of piperazine rings is 1. The van der Waals surface area contributed by atoms with Crippen LogP contribution in [0.25, 0.3) is 0 Å². The number of aromatic nitrogens is 1. The van der Waals surface area contributed by atoms with E-state index in [1.54, 1.807) is 41.4 Å². The Morgan fingerprint density at radius 3 is 2.32 bits per heavy atom. The van der Waals surface area contributed by atoms with Crippen LogP contribution >= 0.6 is 11.6 Å². The molecule has 31 heavy (non-hydrogen) atoms. The van der Waals surface area contributed by atoms with Gasteiger partial charge in [0, 0.05) is 42.3 Å². The quantitative estimate of drug-likeness (QED) is 0.666. The van der Waals surface area contributed by atoms with Crippen LogP contribution in [0.3, 0.4) is 0 Å². The number of nitrogens with zero attached hydrogens (tertiary/aromatic N) is 3. The van der Waals surface area contributed by atoms with Gasteiger partial charge in [0.05, 0.1) is 11.9 Å². The Hall–Kier alpha value is -3.45. The minimum atomic E-state index is -0.392. The van der Waals surface area contributed by atoms with Crippen LogP contribution in [0.1, 0.15) is 20.7 Å². The van der Waals surface area contributed by atoms with Crippen molar-refractivity contribution in [3.8, 4) is 0 Å². The SMILES string of the molecule is O=C(Nc1ccc(N2CCN(C(=O)c3cccc(Cl)c3)CC2)nc1)c1ccc(F)cc1. The molecule has 8 heteroatoms. The van der Waals surface area contributed by atoms with Crippen molar-refractivity contribution in [1.29, 1.82) is 0 Å². The lowest BCUT2D eigenvalue weighted by Crippen LogP contribution is -2.49. The van der Waals surface area contributed by atoms with Crippen molar-refractivity contribution in [2.24, 2.45) is 0 Å². The van der Waals surface area contributed by atoms with Crippen molar-refractivity contribution in [3.05, 3.63) is 88.8 Å². The molecule has 1 saturated heterocycles. The largest absolute Gasteiger partial charge is 0.353 e. The molecule has 1 N–H and O–H groups in total. The Balaban J connectivity index is 1.33. The van der Waals surface area contributed by atoms with Crippen LogP contribution in [0.5, 0.6) is 0 Å². The highest BCUT2D eigenvalue weighted by Gasteiger charge is 2.23. The van der Waals surface area contributed by atoms with Gasteiger partial charge in [-0.1, -0.05) is 17.7 Å². The van der Waals surface area contributed by atoms with Crippen LogP contribution in [0.2, 0.25) is 5.02 Å². The maximum Gasteiger partial charge on any atom is 0.255 e. The van der Waals surface area contributed by atoms with Crippen molar-refractivity contribution in [1.82, 2.24) is 9.88 Å². The number of anilines is 2. The van der Waals surface area contributed by atoms with Gasteiger partial charge in [-0.2, -0.15) is 0 Å². The monoisotopic (exact) mass is 438 g/mol.